The van der Waals surface area contributed by atoms with Gasteiger partial charge in [-0.25, -0.2) is 4.79 Å². The lowest BCUT2D eigenvalue weighted by molar-refractivity contribution is -0.385. The summed E-state index contributed by atoms with van der Waals surface area (Å²) in [5.74, 6) is -0.810. The van der Waals surface area contributed by atoms with Crippen LogP contribution in [-0.4, -0.2) is 37.1 Å². The number of esters is 1. The maximum atomic E-state index is 12.1. The molecule has 2 rings (SSSR count). The molecular formula is C18H18N2O7. The van der Waals surface area contributed by atoms with Gasteiger partial charge in [0, 0.05) is 12.1 Å². The molecule has 0 bridgehead atoms. The molecule has 0 fully saturated rings. The molecule has 0 aliphatic rings. The van der Waals surface area contributed by atoms with Gasteiger partial charge < -0.3 is 19.5 Å². The van der Waals surface area contributed by atoms with Crippen molar-refractivity contribution in [2.24, 2.45) is 0 Å². The van der Waals surface area contributed by atoms with Gasteiger partial charge in [0.1, 0.15) is 5.75 Å². The molecule has 0 saturated heterocycles. The fourth-order valence-corrected chi connectivity index (χ4v) is 2.21. The van der Waals surface area contributed by atoms with Crippen LogP contribution in [0.5, 0.6) is 11.5 Å². The van der Waals surface area contributed by atoms with Crippen LogP contribution in [0.25, 0.3) is 0 Å². The SMILES string of the molecule is CCOC(=O)c1ccccc1NC(=O)COc1ccc([N+](=O)[O-])c(OC)c1. The van der Waals surface area contributed by atoms with Gasteiger partial charge in [0.2, 0.25) is 5.75 Å². The van der Waals surface area contributed by atoms with Crippen LogP contribution in [0, 0.1) is 10.1 Å². The number of ether oxygens (including phenoxy) is 3. The van der Waals surface area contributed by atoms with E-state index >= 15 is 0 Å². The van der Waals surface area contributed by atoms with Crippen molar-refractivity contribution in [1.29, 1.82) is 0 Å². The van der Waals surface area contributed by atoms with Crippen molar-refractivity contribution in [1.82, 2.24) is 0 Å². The van der Waals surface area contributed by atoms with Crippen LogP contribution in [0.1, 0.15) is 17.3 Å². The van der Waals surface area contributed by atoms with Crippen molar-refractivity contribution >= 4 is 23.3 Å². The van der Waals surface area contributed by atoms with Crippen LogP contribution in [0.4, 0.5) is 11.4 Å². The van der Waals surface area contributed by atoms with E-state index in [-0.39, 0.29) is 36.0 Å². The van der Waals surface area contributed by atoms with E-state index in [1.165, 1.54) is 31.4 Å². The van der Waals surface area contributed by atoms with Crippen LogP contribution < -0.4 is 14.8 Å². The Balaban J connectivity index is 2.03. The molecule has 0 spiro atoms. The van der Waals surface area contributed by atoms with Crippen LogP contribution >= 0.6 is 0 Å². The molecule has 0 aromatic heterocycles. The summed E-state index contributed by atoms with van der Waals surface area (Å²) in [5.41, 5.74) is 0.313. The number of para-hydroxylation sites is 1. The molecule has 9 heteroatoms. The summed E-state index contributed by atoms with van der Waals surface area (Å²) in [7, 11) is 1.30. The largest absolute Gasteiger partial charge is 0.490 e. The summed E-state index contributed by atoms with van der Waals surface area (Å²) in [5, 5.41) is 13.5. The molecule has 2 aromatic carbocycles. The fourth-order valence-electron chi connectivity index (χ4n) is 2.21. The number of amides is 1. The first-order chi connectivity index (χ1) is 13.0. The average Bonchev–Trinajstić information content (AvgIpc) is 2.66. The van der Waals surface area contributed by atoms with Gasteiger partial charge in [-0.2, -0.15) is 0 Å². The molecular weight excluding hydrogens is 356 g/mol. The smallest absolute Gasteiger partial charge is 0.340 e. The van der Waals surface area contributed by atoms with Crippen molar-refractivity contribution in [3.63, 3.8) is 0 Å². The predicted molar refractivity (Wildman–Crippen MR) is 96.2 cm³/mol. The number of anilines is 1. The predicted octanol–water partition coefficient (Wildman–Crippen LogP) is 2.80. The molecule has 0 atom stereocenters. The highest BCUT2D eigenvalue weighted by atomic mass is 16.6. The van der Waals surface area contributed by atoms with Crippen LogP contribution in [-0.2, 0) is 9.53 Å². The Hall–Kier alpha value is -3.62. The standard InChI is InChI=1S/C18H18N2O7/c1-3-26-18(22)13-6-4-5-7-14(13)19-17(21)11-27-12-8-9-15(20(23)24)16(10-12)25-2/h4-10H,3,11H2,1-2H3,(H,19,21). The monoisotopic (exact) mass is 374 g/mol. The molecule has 0 aliphatic carbocycles. The number of rotatable bonds is 8. The van der Waals surface area contributed by atoms with Gasteiger partial charge in [0.05, 0.1) is 29.9 Å². The topological polar surface area (TPSA) is 117 Å². The lowest BCUT2D eigenvalue weighted by Crippen LogP contribution is -2.22. The minimum atomic E-state index is -0.582. The summed E-state index contributed by atoms with van der Waals surface area (Å²) in [6.45, 7) is 1.54. The van der Waals surface area contributed by atoms with Crippen molar-refractivity contribution in [2.75, 3.05) is 25.6 Å². The van der Waals surface area contributed by atoms with E-state index in [2.05, 4.69) is 5.32 Å². The highest BCUT2D eigenvalue weighted by Gasteiger charge is 2.17. The summed E-state index contributed by atoms with van der Waals surface area (Å²) in [4.78, 5) is 34.3. The number of nitrogens with zero attached hydrogens (tertiary/aromatic N) is 1. The number of methoxy groups -OCH3 is 1. The lowest BCUT2D eigenvalue weighted by atomic mass is 10.2. The summed E-state index contributed by atoms with van der Waals surface area (Å²) >= 11 is 0. The Morgan fingerprint density at radius 3 is 2.59 bits per heavy atom. The van der Waals surface area contributed by atoms with Crippen LogP contribution in [0.3, 0.4) is 0 Å². The second-order valence-electron chi connectivity index (χ2n) is 5.19. The van der Waals surface area contributed by atoms with E-state index in [1.54, 1.807) is 25.1 Å². The van der Waals surface area contributed by atoms with Gasteiger partial charge in [-0.15, -0.1) is 0 Å². The Labute approximate surface area is 155 Å². The second-order valence-corrected chi connectivity index (χ2v) is 5.19. The number of nitrogens with one attached hydrogen (secondary N) is 1. The van der Waals surface area contributed by atoms with Crippen LogP contribution in [0.2, 0.25) is 0 Å². The molecule has 27 heavy (non-hydrogen) atoms. The minimum absolute atomic E-state index is 0.0190. The number of hydrogen-bond donors (Lipinski definition) is 1. The molecule has 0 saturated carbocycles. The highest BCUT2D eigenvalue weighted by Crippen LogP contribution is 2.30. The van der Waals surface area contributed by atoms with E-state index < -0.39 is 16.8 Å². The van der Waals surface area contributed by atoms with Crippen molar-refractivity contribution in [3.05, 3.63) is 58.1 Å². The Morgan fingerprint density at radius 2 is 1.93 bits per heavy atom. The molecule has 0 radical (unpaired) electrons. The maximum absolute atomic E-state index is 12.1. The van der Waals surface area contributed by atoms with Gasteiger partial charge in [-0.3, -0.25) is 14.9 Å². The zero-order valence-electron chi connectivity index (χ0n) is 14.8. The van der Waals surface area contributed by atoms with E-state index in [1.807, 2.05) is 0 Å². The van der Waals surface area contributed by atoms with E-state index in [0.717, 1.165) is 0 Å². The number of benzene rings is 2. The summed E-state index contributed by atoms with van der Waals surface area (Å²) in [6, 6.07) is 10.3. The first-order valence-corrected chi connectivity index (χ1v) is 7.97. The summed E-state index contributed by atoms with van der Waals surface area (Å²) in [6.07, 6.45) is 0. The fraction of sp³-hybridized carbons (Fsp3) is 0.222. The van der Waals surface area contributed by atoms with Gasteiger partial charge in [-0.05, 0) is 25.1 Å². The zero-order valence-corrected chi connectivity index (χ0v) is 14.8. The Kier molecular flexibility index (Phi) is 6.70. The number of nitro groups is 1. The molecule has 0 heterocycles. The third-order valence-electron chi connectivity index (χ3n) is 3.41. The van der Waals surface area contributed by atoms with Crippen molar-refractivity contribution in [2.45, 2.75) is 6.92 Å². The maximum Gasteiger partial charge on any atom is 0.340 e. The van der Waals surface area contributed by atoms with Gasteiger partial charge in [0.15, 0.2) is 6.61 Å². The first kappa shape index (κ1) is 19.7. The van der Waals surface area contributed by atoms with Gasteiger partial charge >= 0.3 is 11.7 Å². The third-order valence-corrected chi connectivity index (χ3v) is 3.41. The molecule has 1 amide bonds. The molecule has 142 valence electrons. The van der Waals surface area contributed by atoms with Crippen molar-refractivity contribution < 1.29 is 28.7 Å². The lowest BCUT2D eigenvalue weighted by Gasteiger charge is -2.11. The molecule has 9 nitrogen and oxygen atoms in total. The van der Waals surface area contributed by atoms with Crippen LogP contribution in [0.15, 0.2) is 42.5 Å². The molecule has 2 aromatic rings. The first-order valence-electron chi connectivity index (χ1n) is 7.97. The number of carbonyl (C=O) groups excluding carboxylic acids is 2. The summed E-state index contributed by atoms with van der Waals surface area (Å²) < 4.78 is 15.2. The van der Waals surface area contributed by atoms with E-state index in [0.29, 0.717) is 5.69 Å². The molecule has 0 unspecified atom stereocenters. The van der Waals surface area contributed by atoms with E-state index in [9.17, 15) is 19.7 Å². The number of nitro benzene ring substituents is 1. The normalized spacial score (nSPS) is 10.0. The van der Waals surface area contributed by atoms with E-state index in [4.69, 9.17) is 14.2 Å². The zero-order chi connectivity index (χ0) is 19.8. The second kappa shape index (κ2) is 9.18. The number of hydrogen-bond acceptors (Lipinski definition) is 7. The third kappa shape index (κ3) is 5.18. The Morgan fingerprint density at radius 1 is 1.19 bits per heavy atom. The number of carbonyl (C=O) groups is 2. The quantitative estimate of drug-likeness (QED) is 0.429. The van der Waals surface area contributed by atoms with Gasteiger partial charge in [0.25, 0.3) is 5.91 Å². The van der Waals surface area contributed by atoms with Crippen molar-refractivity contribution in [3.8, 4) is 11.5 Å². The minimum Gasteiger partial charge on any atom is -0.490 e. The van der Waals surface area contributed by atoms with Gasteiger partial charge in [-0.1, -0.05) is 12.1 Å². The molecule has 0 aliphatic heterocycles. The average molecular weight is 374 g/mol. The molecule has 1 N–H and O–H groups in total. The highest BCUT2D eigenvalue weighted by molar-refractivity contribution is 6.01. The Bertz CT molecular complexity index is 851.